The van der Waals surface area contributed by atoms with Gasteiger partial charge in [-0.3, -0.25) is 4.79 Å². The second-order valence-electron chi connectivity index (χ2n) is 5.51. The van der Waals surface area contributed by atoms with E-state index in [0.29, 0.717) is 12.5 Å². The molecule has 2 rings (SSSR count). The lowest BCUT2D eigenvalue weighted by atomic mass is 9.89. The summed E-state index contributed by atoms with van der Waals surface area (Å²) >= 11 is 5.71. The van der Waals surface area contributed by atoms with Crippen LogP contribution >= 0.6 is 11.6 Å². The monoisotopic (exact) mass is 327 g/mol. The van der Waals surface area contributed by atoms with Crippen LogP contribution in [0.15, 0.2) is 18.2 Å². The number of carbonyl (C=O) groups is 2. The molecule has 6 heteroatoms. The topological polar surface area (TPSA) is 55.4 Å². The minimum Gasteiger partial charge on any atom is -0.452 e. The van der Waals surface area contributed by atoms with Crippen molar-refractivity contribution < 1.29 is 18.7 Å². The molecule has 1 aromatic rings. The highest BCUT2D eigenvalue weighted by Gasteiger charge is 2.17. The molecule has 0 bridgehead atoms. The standard InChI is InChI=1S/C16H19ClFNO3/c17-12-6-7-14(18)13(8-12)16(21)22-10-15(20)19-9-11-4-2-1-3-5-11/h6-8,11H,1-5,9-10H2,(H,19,20). The second-order valence-corrected chi connectivity index (χ2v) is 5.94. The number of rotatable bonds is 5. The van der Waals surface area contributed by atoms with E-state index in [1.165, 1.54) is 31.4 Å². The van der Waals surface area contributed by atoms with E-state index in [4.69, 9.17) is 16.3 Å². The first kappa shape index (κ1) is 16.7. The first-order valence-electron chi connectivity index (χ1n) is 7.45. The Hall–Kier alpha value is -1.62. The van der Waals surface area contributed by atoms with Crippen molar-refractivity contribution in [2.45, 2.75) is 32.1 Å². The zero-order valence-electron chi connectivity index (χ0n) is 12.2. The summed E-state index contributed by atoms with van der Waals surface area (Å²) in [4.78, 5) is 23.4. The van der Waals surface area contributed by atoms with Gasteiger partial charge in [-0.2, -0.15) is 0 Å². The Bertz CT molecular complexity index is 544. The number of esters is 1. The SMILES string of the molecule is O=C(COC(=O)c1cc(Cl)ccc1F)NCC1CCCCC1. The van der Waals surface area contributed by atoms with E-state index < -0.39 is 18.4 Å². The third kappa shape index (κ3) is 4.98. The van der Waals surface area contributed by atoms with Gasteiger partial charge >= 0.3 is 5.97 Å². The van der Waals surface area contributed by atoms with Crippen molar-refractivity contribution >= 4 is 23.5 Å². The van der Waals surface area contributed by atoms with Crippen LogP contribution < -0.4 is 5.32 Å². The maximum absolute atomic E-state index is 13.5. The molecule has 1 aliphatic carbocycles. The molecule has 1 aromatic carbocycles. The molecule has 0 heterocycles. The summed E-state index contributed by atoms with van der Waals surface area (Å²) < 4.78 is 18.3. The Balaban J connectivity index is 1.75. The largest absolute Gasteiger partial charge is 0.452 e. The Labute approximate surface area is 134 Å². The summed E-state index contributed by atoms with van der Waals surface area (Å²) in [5, 5.41) is 2.98. The van der Waals surface area contributed by atoms with Gasteiger partial charge in [0.25, 0.3) is 5.91 Å². The minimum absolute atomic E-state index is 0.232. The quantitative estimate of drug-likeness (QED) is 0.844. The first-order chi connectivity index (χ1) is 10.6. The van der Waals surface area contributed by atoms with Crippen LogP contribution in [0.25, 0.3) is 0 Å². The third-order valence-electron chi connectivity index (χ3n) is 3.80. The average molecular weight is 328 g/mol. The van der Waals surface area contributed by atoms with Crippen molar-refractivity contribution in [1.82, 2.24) is 5.32 Å². The summed E-state index contributed by atoms with van der Waals surface area (Å²) in [6.45, 7) is 0.180. The molecule has 1 saturated carbocycles. The highest BCUT2D eigenvalue weighted by atomic mass is 35.5. The van der Waals surface area contributed by atoms with Gasteiger partial charge in [0.05, 0.1) is 5.56 Å². The Morgan fingerprint density at radius 1 is 1.27 bits per heavy atom. The van der Waals surface area contributed by atoms with Gasteiger partial charge in [0.1, 0.15) is 5.82 Å². The fourth-order valence-corrected chi connectivity index (χ4v) is 2.74. The predicted octanol–water partition coefficient (Wildman–Crippen LogP) is 3.33. The maximum atomic E-state index is 13.5. The average Bonchev–Trinajstić information content (AvgIpc) is 2.54. The molecule has 1 amide bonds. The summed E-state index contributed by atoms with van der Waals surface area (Å²) in [7, 11) is 0. The number of ether oxygens (including phenoxy) is 1. The van der Waals surface area contributed by atoms with E-state index in [-0.39, 0.29) is 16.5 Å². The van der Waals surface area contributed by atoms with E-state index in [9.17, 15) is 14.0 Å². The molecule has 0 radical (unpaired) electrons. The Morgan fingerprint density at radius 2 is 2.00 bits per heavy atom. The van der Waals surface area contributed by atoms with E-state index in [1.807, 2.05) is 0 Å². The number of hydrogen-bond donors (Lipinski definition) is 1. The molecular formula is C16H19ClFNO3. The van der Waals surface area contributed by atoms with Gasteiger partial charge in [-0.1, -0.05) is 30.9 Å². The molecule has 1 N–H and O–H groups in total. The Kier molecular flexibility index (Phi) is 6.19. The van der Waals surface area contributed by atoms with E-state index in [1.54, 1.807) is 0 Å². The van der Waals surface area contributed by atoms with Crippen molar-refractivity contribution in [1.29, 1.82) is 0 Å². The van der Waals surface area contributed by atoms with Crippen molar-refractivity contribution in [2.75, 3.05) is 13.2 Å². The van der Waals surface area contributed by atoms with Gasteiger partial charge in [0, 0.05) is 11.6 Å². The number of nitrogens with one attached hydrogen (secondary N) is 1. The minimum atomic E-state index is -0.896. The molecule has 0 aliphatic heterocycles. The fraction of sp³-hybridized carbons (Fsp3) is 0.500. The van der Waals surface area contributed by atoms with Crippen LogP contribution in [0.4, 0.5) is 4.39 Å². The van der Waals surface area contributed by atoms with Crippen LogP contribution in [0.3, 0.4) is 0 Å². The van der Waals surface area contributed by atoms with Gasteiger partial charge < -0.3 is 10.1 Å². The molecule has 1 aliphatic rings. The van der Waals surface area contributed by atoms with Crippen LogP contribution in [0.5, 0.6) is 0 Å². The number of hydrogen-bond acceptors (Lipinski definition) is 3. The lowest BCUT2D eigenvalue weighted by Gasteiger charge is -2.21. The highest BCUT2D eigenvalue weighted by Crippen LogP contribution is 2.22. The normalized spacial score (nSPS) is 15.4. The predicted molar refractivity (Wildman–Crippen MR) is 81.3 cm³/mol. The summed E-state index contributed by atoms with van der Waals surface area (Å²) in [6, 6.07) is 3.60. The van der Waals surface area contributed by atoms with Crippen molar-refractivity contribution in [3.8, 4) is 0 Å². The third-order valence-corrected chi connectivity index (χ3v) is 4.03. The summed E-state index contributed by atoms with van der Waals surface area (Å²) in [5.74, 6) is -1.50. The van der Waals surface area contributed by atoms with Gasteiger partial charge in [-0.25, -0.2) is 9.18 Å². The van der Waals surface area contributed by atoms with Crippen LogP contribution in [0.2, 0.25) is 5.02 Å². The van der Waals surface area contributed by atoms with Crippen LogP contribution in [0, 0.1) is 11.7 Å². The van der Waals surface area contributed by atoms with E-state index in [2.05, 4.69) is 5.32 Å². The molecule has 0 aromatic heterocycles. The van der Waals surface area contributed by atoms with Crippen molar-refractivity contribution in [3.63, 3.8) is 0 Å². The summed E-state index contributed by atoms with van der Waals surface area (Å²) in [5.41, 5.74) is -0.271. The van der Waals surface area contributed by atoms with Crippen LogP contribution in [-0.4, -0.2) is 25.0 Å². The number of carbonyl (C=O) groups excluding carboxylic acids is 2. The zero-order chi connectivity index (χ0) is 15.9. The molecule has 0 spiro atoms. The first-order valence-corrected chi connectivity index (χ1v) is 7.83. The molecule has 4 nitrogen and oxygen atoms in total. The fourth-order valence-electron chi connectivity index (χ4n) is 2.56. The molecule has 0 saturated heterocycles. The molecular weight excluding hydrogens is 309 g/mol. The van der Waals surface area contributed by atoms with Crippen molar-refractivity contribution in [2.24, 2.45) is 5.92 Å². The van der Waals surface area contributed by atoms with Gasteiger partial charge in [0.15, 0.2) is 6.61 Å². The lowest BCUT2D eigenvalue weighted by Crippen LogP contribution is -2.33. The Morgan fingerprint density at radius 3 is 2.73 bits per heavy atom. The molecule has 1 fully saturated rings. The maximum Gasteiger partial charge on any atom is 0.341 e. The molecule has 0 atom stereocenters. The molecule has 22 heavy (non-hydrogen) atoms. The lowest BCUT2D eigenvalue weighted by molar-refractivity contribution is -0.124. The van der Waals surface area contributed by atoms with Crippen molar-refractivity contribution in [3.05, 3.63) is 34.6 Å². The molecule has 120 valence electrons. The molecule has 0 unspecified atom stereocenters. The summed E-state index contributed by atoms with van der Waals surface area (Å²) in [6.07, 6.45) is 5.89. The van der Waals surface area contributed by atoms with Crippen LogP contribution in [-0.2, 0) is 9.53 Å². The smallest absolute Gasteiger partial charge is 0.341 e. The zero-order valence-corrected chi connectivity index (χ0v) is 13.0. The van der Waals surface area contributed by atoms with Gasteiger partial charge in [0.2, 0.25) is 0 Å². The number of benzene rings is 1. The number of amides is 1. The van der Waals surface area contributed by atoms with Gasteiger partial charge in [-0.15, -0.1) is 0 Å². The van der Waals surface area contributed by atoms with Crippen LogP contribution in [0.1, 0.15) is 42.5 Å². The highest BCUT2D eigenvalue weighted by molar-refractivity contribution is 6.30. The number of halogens is 2. The second kappa shape index (κ2) is 8.13. The van der Waals surface area contributed by atoms with E-state index >= 15 is 0 Å². The van der Waals surface area contributed by atoms with Gasteiger partial charge in [-0.05, 0) is 37.0 Å². The van der Waals surface area contributed by atoms with E-state index in [0.717, 1.165) is 18.9 Å².